The Bertz CT molecular complexity index is 959. The quantitative estimate of drug-likeness (QED) is 0.621. The number of imide groups is 1. The normalized spacial score (nSPS) is 20.8. The van der Waals surface area contributed by atoms with E-state index in [1.165, 1.54) is 13.3 Å². The van der Waals surface area contributed by atoms with E-state index in [1.807, 2.05) is 37.3 Å². The van der Waals surface area contributed by atoms with Gasteiger partial charge in [0.2, 0.25) is 5.75 Å². The summed E-state index contributed by atoms with van der Waals surface area (Å²) in [7, 11) is 1.53. The fourth-order valence-electron chi connectivity index (χ4n) is 3.52. The lowest BCUT2D eigenvalue weighted by atomic mass is 9.87. The molecule has 0 aromatic heterocycles. The first kappa shape index (κ1) is 18.8. The number of methoxy groups -OCH3 is 1. The van der Waals surface area contributed by atoms with E-state index in [0.717, 1.165) is 10.6 Å². The predicted octanol–water partition coefficient (Wildman–Crippen LogP) is 2.66. The van der Waals surface area contributed by atoms with Gasteiger partial charge in [-0.2, -0.15) is 5.10 Å². The fourth-order valence-corrected chi connectivity index (χ4v) is 3.52. The largest absolute Gasteiger partial charge is 0.493 e. The highest BCUT2D eigenvalue weighted by molar-refractivity contribution is 6.07. The Hall–Kier alpha value is -3.55. The van der Waals surface area contributed by atoms with Gasteiger partial charge < -0.3 is 19.5 Å². The van der Waals surface area contributed by atoms with Crippen LogP contribution in [-0.2, 0) is 10.3 Å². The number of benzene rings is 2. The second kappa shape index (κ2) is 7.46. The van der Waals surface area contributed by atoms with Gasteiger partial charge in [0.15, 0.2) is 11.5 Å². The van der Waals surface area contributed by atoms with Crippen LogP contribution in [0.5, 0.6) is 17.2 Å². The number of hydrogen-bond acceptors (Lipinski definition) is 6. The maximum absolute atomic E-state index is 13.1. The number of carbonyl (C=O) groups excluding carboxylic acids is 2. The number of rotatable bonds is 5. The van der Waals surface area contributed by atoms with Crippen LogP contribution in [0.3, 0.4) is 0 Å². The van der Waals surface area contributed by atoms with E-state index in [-0.39, 0.29) is 0 Å². The summed E-state index contributed by atoms with van der Waals surface area (Å²) in [5.74, 6) is 1.13. The van der Waals surface area contributed by atoms with Crippen LogP contribution in [-0.4, -0.2) is 43.5 Å². The van der Waals surface area contributed by atoms with Crippen molar-refractivity contribution in [2.45, 2.75) is 18.9 Å². The molecule has 1 atom stereocenters. The van der Waals surface area contributed by atoms with Gasteiger partial charge in [-0.15, -0.1) is 5.01 Å². The van der Waals surface area contributed by atoms with Gasteiger partial charge in [-0.25, -0.2) is 4.79 Å². The van der Waals surface area contributed by atoms with Gasteiger partial charge in [0.1, 0.15) is 18.8 Å². The molecule has 8 heteroatoms. The van der Waals surface area contributed by atoms with E-state index < -0.39 is 17.5 Å². The predicted molar refractivity (Wildman–Crippen MR) is 105 cm³/mol. The van der Waals surface area contributed by atoms with Crippen molar-refractivity contribution < 1.29 is 23.8 Å². The molecule has 29 heavy (non-hydrogen) atoms. The zero-order valence-corrected chi connectivity index (χ0v) is 16.2. The molecular formula is C21H21N3O5. The monoisotopic (exact) mass is 395 g/mol. The van der Waals surface area contributed by atoms with Gasteiger partial charge in [-0.05, 0) is 24.1 Å². The van der Waals surface area contributed by atoms with Crippen molar-refractivity contribution in [3.63, 3.8) is 0 Å². The van der Waals surface area contributed by atoms with Crippen molar-refractivity contribution in [3.8, 4) is 17.2 Å². The lowest BCUT2D eigenvalue weighted by Gasteiger charge is -2.24. The third kappa shape index (κ3) is 3.16. The Kier molecular flexibility index (Phi) is 4.84. The van der Waals surface area contributed by atoms with Crippen LogP contribution >= 0.6 is 0 Å². The number of nitrogens with one attached hydrogen (secondary N) is 1. The molecule has 0 saturated carbocycles. The highest BCUT2D eigenvalue weighted by Gasteiger charge is 2.51. The van der Waals surface area contributed by atoms with E-state index in [9.17, 15) is 9.59 Å². The van der Waals surface area contributed by atoms with E-state index >= 15 is 0 Å². The molecule has 2 aliphatic rings. The number of fused-ring (bicyclic) bond motifs is 1. The van der Waals surface area contributed by atoms with Crippen molar-refractivity contribution in [2.75, 3.05) is 20.3 Å². The molecule has 150 valence electrons. The summed E-state index contributed by atoms with van der Waals surface area (Å²) in [4.78, 5) is 25.6. The lowest BCUT2D eigenvalue weighted by molar-refractivity contribution is -0.131. The molecule has 2 aromatic carbocycles. The first-order valence-electron chi connectivity index (χ1n) is 9.33. The van der Waals surface area contributed by atoms with Crippen LogP contribution in [0.2, 0.25) is 0 Å². The molecule has 1 saturated heterocycles. The van der Waals surface area contributed by atoms with Gasteiger partial charge >= 0.3 is 6.03 Å². The minimum atomic E-state index is -1.12. The molecule has 4 rings (SSSR count). The molecule has 8 nitrogen and oxygen atoms in total. The van der Waals surface area contributed by atoms with Crippen molar-refractivity contribution in [3.05, 3.63) is 53.6 Å². The van der Waals surface area contributed by atoms with Crippen LogP contribution < -0.4 is 19.5 Å². The van der Waals surface area contributed by atoms with Crippen LogP contribution in [0.1, 0.15) is 24.5 Å². The topological polar surface area (TPSA) is 89.5 Å². The summed E-state index contributed by atoms with van der Waals surface area (Å²) in [5, 5.41) is 7.80. The molecule has 0 aliphatic carbocycles. The van der Waals surface area contributed by atoms with Crippen molar-refractivity contribution in [1.82, 2.24) is 10.3 Å². The Balaban J connectivity index is 1.64. The first-order chi connectivity index (χ1) is 14.1. The molecule has 1 N–H and O–H groups in total. The molecule has 3 amide bonds. The summed E-state index contributed by atoms with van der Waals surface area (Å²) >= 11 is 0. The summed E-state index contributed by atoms with van der Waals surface area (Å²) in [6, 6.07) is 12.0. The van der Waals surface area contributed by atoms with Gasteiger partial charge in [-0.1, -0.05) is 37.3 Å². The molecule has 0 bridgehead atoms. The van der Waals surface area contributed by atoms with Gasteiger partial charge in [-0.3, -0.25) is 4.79 Å². The second-order valence-corrected chi connectivity index (χ2v) is 6.66. The van der Waals surface area contributed by atoms with Crippen LogP contribution in [0.25, 0.3) is 0 Å². The first-order valence-corrected chi connectivity index (χ1v) is 9.33. The Labute approximate surface area is 168 Å². The minimum absolute atomic E-state index is 0.408. The zero-order chi connectivity index (χ0) is 20.4. The number of ether oxygens (including phenoxy) is 3. The molecule has 2 aromatic rings. The third-order valence-corrected chi connectivity index (χ3v) is 5.04. The average molecular weight is 395 g/mol. The van der Waals surface area contributed by atoms with E-state index in [1.54, 1.807) is 12.1 Å². The van der Waals surface area contributed by atoms with Gasteiger partial charge in [0.05, 0.1) is 13.3 Å². The highest BCUT2D eigenvalue weighted by Crippen LogP contribution is 2.40. The summed E-state index contributed by atoms with van der Waals surface area (Å²) < 4.78 is 16.5. The van der Waals surface area contributed by atoms with Gasteiger partial charge in [0, 0.05) is 5.56 Å². The number of hydrogen-bond donors (Lipinski definition) is 1. The summed E-state index contributed by atoms with van der Waals surface area (Å²) in [5.41, 5.74) is 0.208. The number of amides is 3. The SMILES string of the molecule is CC[C@]1(c2ccccc2)NC(=O)N(/N=C\c2cc(OC)c3c(c2)OCCO3)C1=O. The van der Waals surface area contributed by atoms with Crippen molar-refractivity contribution in [2.24, 2.45) is 5.10 Å². The van der Waals surface area contributed by atoms with E-state index in [0.29, 0.717) is 42.4 Å². The average Bonchev–Trinajstić information content (AvgIpc) is 3.02. The second-order valence-electron chi connectivity index (χ2n) is 6.66. The van der Waals surface area contributed by atoms with E-state index in [4.69, 9.17) is 14.2 Å². The van der Waals surface area contributed by atoms with Gasteiger partial charge in [0.25, 0.3) is 5.91 Å². The Morgan fingerprint density at radius 2 is 1.97 bits per heavy atom. The third-order valence-electron chi connectivity index (χ3n) is 5.04. The fraction of sp³-hybridized carbons (Fsp3) is 0.286. The van der Waals surface area contributed by atoms with Crippen LogP contribution in [0.15, 0.2) is 47.6 Å². The molecule has 2 heterocycles. The highest BCUT2D eigenvalue weighted by atomic mass is 16.6. The lowest BCUT2D eigenvalue weighted by Crippen LogP contribution is -2.43. The number of urea groups is 1. The van der Waals surface area contributed by atoms with Crippen molar-refractivity contribution in [1.29, 1.82) is 0 Å². The smallest absolute Gasteiger partial charge is 0.346 e. The Morgan fingerprint density at radius 1 is 1.21 bits per heavy atom. The van der Waals surface area contributed by atoms with Crippen LogP contribution in [0.4, 0.5) is 4.79 Å². The summed E-state index contributed by atoms with van der Waals surface area (Å²) in [6.07, 6.45) is 1.83. The minimum Gasteiger partial charge on any atom is -0.493 e. The maximum atomic E-state index is 13.1. The zero-order valence-electron chi connectivity index (χ0n) is 16.2. The molecule has 0 unspecified atom stereocenters. The standard InChI is InChI=1S/C21H21N3O5/c1-3-21(15-7-5-4-6-8-15)19(25)24(20(26)23-21)22-13-14-11-16(27-2)18-17(12-14)28-9-10-29-18/h4-8,11-13H,3,9-10H2,1-2H3,(H,23,26)/b22-13-/t21-/m1/s1. The van der Waals surface area contributed by atoms with Crippen LogP contribution in [0, 0.1) is 0 Å². The maximum Gasteiger partial charge on any atom is 0.346 e. The summed E-state index contributed by atoms with van der Waals surface area (Å²) in [6.45, 7) is 2.72. The van der Waals surface area contributed by atoms with E-state index in [2.05, 4.69) is 10.4 Å². The number of carbonyl (C=O) groups is 2. The molecule has 2 aliphatic heterocycles. The number of nitrogens with zero attached hydrogens (tertiary/aromatic N) is 2. The molecular weight excluding hydrogens is 374 g/mol. The Morgan fingerprint density at radius 3 is 2.69 bits per heavy atom. The molecule has 0 radical (unpaired) electrons. The molecule has 1 fully saturated rings. The number of hydrazone groups is 1. The van der Waals surface area contributed by atoms with Crippen molar-refractivity contribution >= 4 is 18.2 Å². The molecule has 0 spiro atoms.